The maximum Gasteiger partial charge on any atom is 0.220 e. The van der Waals surface area contributed by atoms with Crippen molar-refractivity contribution in [3.63, 3.8) is 0 Å². The zero-order valence-electron chi connectivity index (χ0n) is 34.5. The molecule has 0 heterocycles. The van der Waals surface area contributed by atoms with E-state index in [0.29, 0.717) is 12.8 Å². The first-order valence-corrected chi connectivity index (χ1v) is 21.9. The molecule has 2 unspecified atom stereocenters. The molecule has 0 aliphatic carbocycles. The highest BCUT2D eigenvalue weighted by molar-refractivity contribution is 5.76. The van der Waals surface area contributed by atoms with Crippen molar-refractivity contribution >= 4 is 5.91 Å². The van der Waals surface area contributed by atoms with Crippen LogP contribution in [-0.2, 0) is 4.79 Å². The summed E-state index contributed by atoms with van der Waals surface area (Å²) in [4.78, 5) is 12.2. The van der Waals surface area contributed by atoms with Gasteiger partial charge < -0.3 is 15.5 Å². The highest BCUT2D eigenvalue weighted by atomic mass is 16.3. The van der Waals surface area contributed by atoms with Gasteiger partial charge in [-0.1, -0.05) is 201 Å². The van der Waals surface area contributed by atoms with Gasteiger partial charge in [0.05, 0.1) is 18.8 Å². The van der Waals surface area contributed by atoms with E-state index >= 15 is 0 Å². The topological polar surface area (TPSA) is 69.6 Å². The number of amides is 1. The molecule has 0 aromatic carbocycles. The van der Waals surface area contributed by atoms with E-state index in [1.807, 2.05) is 0 Å². The third kappa shape index (κ3) is 40.3. The van der Waals surface area contributed by atoms with Crippen LogP contribution in [0.5, 0.6) is 0 Å². The normalized spacial score (nSPS) is 14.0. The van der Waals surface area contributed by atoms with Crippen LogP contribution in [0.15, 0.2) is 97.2 Å². The summed E-state index contributed by atoms with van der Waals surface area (Å²) >= 11 is 0. The smallest absolute Gasteiger partial charge is 0.220 e. The van der Waals surface area contributed by atoms with Gasteiger partial charge >= 0.3 is 0 Å². The number of carbonyl (C=O) groups is 1. The van der Waals surface area contributed by atoms with Crippen molar-refractivity contribution in [2.24, 2.45) is 0 Å². The van der Waals surface area contributed by atoms with E-state index in [4.69, 9.17) is 0 Å². The second-order valence-corrected chi connectivity index (χ2v) is 14.4. The van der Waals surface area contributed by atoms with Gasteiger partial charge in [-0.3, -0.25) is 4.79 Å². The van der Waals surface area contributed by atoms with Crippen LogP contribution >= 0.6 is 0 Å². The molecule has 4 nitrogen and oxygen atoms in total. The van der Waals surface area contributed by atoms with Crippen molar-refractivity contribution in [3.8, 4) is 0 Å². The molecule has 0 bridgehead atoms. The van der Waals surface area contributed by atoms with E-state index in [1.165, 1.54) is 70.6 Å². The monoisotopic (exact) mass is 734 g/mol. The average molecular weight is 734 g/mol. The van der Waals surface area contributed by atoms with Crippen LogP contribution in [0.2, 0.25) is 0 Å². The van der Waals surface area contributed by atoms with E-state index < -0.39 is 12.1 Å². The summed E-state index contributed by atoms with van der Waals surface area (Å²) in [6, 6.07) is -0.537. The molecular weight excluding hydrogens is 651 g/mol. The molecule has 3 N–H and O–H groups in total. The van der Waals surface area contributed by atoms with Gasteiger partial charge in [-0.25, -0.2) is 0 Å². The lowest BCUT2D eigenvalue weighted by Gasteiger charge is -2.22. The number of hydrogen-bond donors (Lipinski definition) is 3. The highest BCUT2D eigenvalue weighted by Crippen LogP contribution is 2.14. The Balaban J connectivity index is 3.51. The number of aliphatic hydroxyl groups is 2. The van der Waals surface area contributed by atoms with Crippen LogP contribution in [0.4, 0.5) is 0 Å². The van der Waals surface area contributed by atoms with E-state index in [2.05, 4.69) is 116 Å². The standard InChI is InChI=1S/C49H83NO3/c1-3-5-7-9-10-11-12-13-14-15-16-17-18-19-20-21-22-23-24-25-26-27-28-29-30-31-32-33-34-35-36-37-38-39-40-41-43-45-49(53)50-47(46-51)48(52)44-42-8-6-4-2/h5,7,10-11,13-14,16-17,19-20,22-23,25-26,28-29,47-48,51-52H,3-4,6,8-9,12,15,18,21,24,27,30-46H2,1-2H3,(H,50,53)/b7-5-,11-10-,14-13-,17-16-,20-19-,23-22-,26-25-,29-28-. The Morgan fingerprint density at radius 1 is 0.472 bits per heavy atom. The van der Waals surface area contributed by atoms with E-state index in [-0.39, 0.29) is 12.5 Å². The summed E-state index contributed by atoms with van der Waals surface area (Å²) < 4.78 is 0. The predicted octanol–water partition coefficient (Wildman–Crippen LogP) is 13.8. The van der Waals surface area contributed by atoms with Crippen molar-refractivity contribution < 1.29 is 15.0 Å². The van der Waals surface area contributed by atoms with Crippen molar-refractivity contribution in [2.45, 2.75) is 199 Å². The number of aliphatic hydroxyl groups excluding tert-OH is 2. The molecule has 0 aliphatic rings. The van der Waals surface area contributed by atoms with Crippen LogP contribution in [-0.4, -0.2) is 34.9 Å². The summed E-state index contributed by atoms with van der Waals surface area (Å²) in [5, 5.41) is 22.7. The fourth-order valence-corrected chi connectivity index (χ4v) is 6.02. The molecule has 0 spiro atoms. The molecule has 0 aromatic rings. The fraction of sp³-hybridized carbons (Fsp3) is 0.653. The SMILES string of the molecule is CC/C=C\C/C=C\C/C=C\C/C=C\C/C=C\C/C=C\C/C=C\C/C=C\CCCCCCCCCCCCCCC(=O)NC(CO)C(O)CCCCCC. The molecule has 302 valence electrons. The molecule has 53 heavy (non-hydrogen) atoms. The molecule has 0 fully saturated rings. The van der Waals surface area contributed by atoms with Crippen LogP contribution in [0.25, 0.3) is 0 Å². The number of carbonyl (C=O) groups excluding carboxylic acids is 1. The third-order valence-corrected chi connectivity index (χ3v) is 9.36. The second-order valence-electron chi connectivity index (χ2n) is 14.4. The Bertz CT molecular complexity index is 1010. The Labute approximate surface area is 328 Å². The molecular formula is C49H83NO3. The zero-order chi connectivity index (χ0) is 38.6. The fourth-order valence-electron chi connectivity index (χ4n) is 6.02. The second kappa shape index (κ2) is 43.7. The van der Waals surface area contributed by atoms with Gasteiger partial charge in [-0.2, -0.15) is 0 Å². The lowest BCUT2D eigenvalue weighted by atomic mass is 10.0. The molecule has 0 saturated carbocycles. The van der Waals surface area contributed by atoms with Crippen molar-refractivity contribution in [2.75, 3.05) is 6.61 Å². The maximum absolute atomic E-state index is 12.2. The summed E-state index contributed by atoms with van der Waals surface area (Å²) in [5.74, 6) is -0.0479. The summed E-state index contributed by atoms with van der Waals surface area (Å²) in [5.41, 5.74) is 0. The Morgan fingerprint density at radius 2 is 0.830 bits per heavy atom. The largest absolute Gasteiger partial charge is 0.394 e. The number of nitrogens with one attached hydrogen (secondary N) is 1. The van der Waals surface area contributed by atoms with Gasteiger partial charge in [0.1, 0.15) is 0 Å². The van der Waals surface area contributed by atoms with Crippen LogP contribution in [0.3, 0.4) is 0 Å². The molecule has 0 aromatic heterocycles. The Kier molecular flexibility index (Phi) is 41.5. The average Bonchev–Trinajstić information content (AvgIpc) is 3.16. The quantitative estimate of drug-likeness (QED) is 0.0437. The molecule has 4 heteroatoms. The van der Waals surface area contributed by atoms with Crippen LogP contribution in [0.1, 0.15) is 187 Å². The van der Waals surface area contributed by atoms with Crippen LogP contribution in [0, 0.1) is 0 Å². The lowest BCUT2D eigenvalue weighted by molar-refractivity contribution is -0.123. The van der Waals surface area contributed by atoms with Gasteiger partial charge in [-0.05, 0) is 77.0 Å². The molecule has 0 rings (SSSR count). The van der Waals surface area contributed by atoms with Gasteiger partial charge in [0.15, 0.2) is 0 Å². The van der Waals surface area contributed by atoms with Gasteiger partial charge in [-0.15, -0.1) is 0 Å². The van der Waals surface area contributed by atoms with Crippen molar-refractivity contribution in [3.05, 3.63) is 97.2 Å². The number of unbranched alkanes of at least 4 members (excludes halogenated alkanes) is 15. The minimum atomic E-state index is -0.660. The Hall–Kier alpha value is -2.69. The summed E-state index contributed by atoms with van der Waals surface area (Å²) in [6.07, 6.45) is 65.4. The van der Waals surface area contributed by atoms with Crippen LogP contribution < -0.4 is 5.32 Å². The molecule has 0 saturated heterocycles. The minimum Gasteiger partial charge on any atom is -0.394 e. The Morgan fingerprint density at radius 3 is 1.23 bits per heavy atom. The summed E-state index contributed by atoms with van der Waals surface area (Å²) in [6.45, 7) is 4.12. The van der Waals surface area contributed by atoms with Gasteiger partial charge in [0.2, 0.25) is 5.91 Å². The third-order valence-electron chi connectivity index (χ3n) is 9.36. The van der Waals surface area contributed by atoms with E-state index in [0.717, 1.165) is 89.9 Å². The van der Waals surface area contributed by atoms with Gasteiger partial charge in [0, 0.05) is 6.42 Å². The predicted molar refractivity (Wildman–Crippen MR) is 234 cm³/mol. The minimum absolute atomic E-state index is 0.0479. The van der Waals surface area contributed by atoms with E-state index in [1.54, 1.807) is 0 Å². The maximum atomic E-state index is 12.2. The zero-order valence-corrected chi connectivity index (χ0v) is 34.5. The first kappa shape index (κ1) is 50.3. The summed E-state index contributed by atoms with van der Waals surface area (Å²) in [7, 11) is 0. The molecule has 2 atom stereocenters. The number of rotatable bonds is 38. The van der Waals surface area contributed by atoms with Crippen molar-refractivity contribution in [1.82, 2.24) is 5.32 Å². The molecule has 1 amide bonds. The molecule has 0 radical (unpaired) electrons. The number of allylic oxidation sites excluding steroid dienone is 16. The van der Waals surface area contributed by atoms with E-state index in [9.17, 15) is 15.0 Å². The lowest BCUT2D eigenvalue weighted by Crippen LogP contribution is -2.45. The van der Waals surface area contributed by atoms with Crippen molar-refractivity contribution in [1.29, 1.82) is 0 Å². The highest BCUT2D eigenvalue weighted by Gasteiger charge is 2.19. The number of hydrogen-bond acceptors (Lipinski definition) is 3. The molecule has 0 aliphatic heterocycles. The first-order chi connectivity index (χ1) is 26.2. The first-order valence-electron chi connectivity index (χ1n) is 21.9. The van der Waals surface area contributed by atoms with Gasteiger partial charge in [0.25, 0.3) is 0 Å².